The second-order valence-electron chi connectivity index (χ2n) is 7.66. The van der Waals surface area contributed by atoms with Crippen LogP contribution in [0.5, 0.6) is 5.75 Å². The van der Waals surface area contributed by atoms with Crippen molar-refractivity contribution >= 4 is 45.6 Å². The van der Waals surface area contributed by atoms with E-state index < -0.39 is 0 Å². The van der Waals surface area contributed by atoms with E-state index in [0.717, 1.165) is 59.9 Å². The maximum atomic E-state index is 6.46. The predicted octanol–water partition coefficient (Wildman–Crippen LogP) is 5.94. The highest BCUT2D eigenvalue weighted by atomic mass is 35.5. The molecule has 1 fully saturated rings. The third-order valence-corrected chi connectivity index (χ3v) is 6.32. The van der Waals surface area contributed by atoms with Crippen molar-refractivity contribution in [3.05, 3.63) is 76.8 Å². The smallest absolute Gasteiger partial charge is 0.163 e. The van der Waals surface area contributed by atoms with Gasteiger partial charge in [0.1, 0.15) is 11.6 Å². The van der Waals surface area contributed by atoms with E-state index in [0.29, 0.717) is 15.9 Å². The van der Waals surface area contributed by atoms with E-state index in [1.807, 2.05) is 60.7 Å². The summed E-state index contributed by atoms with van der Waals surface area (Å²) < 4.78 is 5.55. The molecule has 32 heavy (non-hydrogen) atoms. The lowest BCUT2D eigenvalue weighted by molar-refractivity contribution is 0.413. The molecule has 1 aliphatic rings. The zero-order chi connectivity index (χ0) is 22.1. The molecule has 5 nitrogen and oxygen atoms in total. The van der Waals surface area contributed by atoms with Crippen LogP contribution in [0.4, 0.5) is 11.5 Å². The summed E-state index contributed by atoms with van der Waals surface area (Å²) in [6, 6.07) is 21.5. The second-order valence-corrected chi connectivity index (χ2v) is 8.50. The van der Waals surface area contributed by atoms with Crippen LogP contribution in [0.15, 0.2) is 66.7 Å². The standard InChI is InChI=1S/C25H22Cl2N4O/c1-32-23-9-5-4-8-22(23)30-12-14-31(15-13-30)25-19-11-10-17(26)16-21(19)28-24(29-25)18-6-2-3-7-20(18)27/h2-11,16H,12-15H2,1H3. The van der Waals surface area contributed by atoms with Gasteiger partial charge in [0, 0.05) is 42.2 Å². The number of hydrogen-bond acceptors (Lipinski definition) is 5. The number of aromatic nitrogens is 2. The minimum Gasteiger partial charge on any atom is -0.495 e. The zero-order valence-corrected chi connectivity index (χ0v) is 19.1. The van der Waals surface area contributed by atoms with E-state index in [-0.39, 0.29) is 0 Å². The van der Waals surface area contributed by atoms with Crippen LogP contribution in [-0.2, 0) is 0 Å². The summed E-state index contributed by atoms with van der Waals surface area (Å²) in [4.78, 5) is 14.4. The van der Waals surface area contributed by atoms with Crippen molar-refractivity contribution in [2.24, 2.45) is 0 Å². The van der Waals surface area contributed by atoms with Gasteiger partial charge in [-0.05, 0) is 42.5 Å². The van der Waals surface area contributed by atoms with E-state index in [1.54, 1.807) is 7.11 Å². The molecule has 0 spiro atoms. The minimum absolute atomic E-state index is 0.604. The summed E-state index contributed by atoms with van der Waals surface area (Å²) in [7, 11) is 1.71. The topological polar surface area (TPSA) is 41.5 Å². The lowest BCUT2D eigenvalue weighted by Crippen LogP contribution is -2.47. The molecule has 3 aromatic carbocycles. The van der Waals surface area contributed by atoms with E-state index in [9.17, 15) is 0 Å². The normalized spacial score (nSPS) is 14.1. The SMILES string of the molecule is COc1ccccc1N1CCN(c2nc(-c3ccccc3Cl)nc3cc(Cl)ccc23)CC1. The molecule has 5 rings (SSSR count). The van der Waals surface area contributed by atoms with Gasteiger partial charge in [-0.25, -0.2) is 9.97 Å². The number of benzene rings is 3. The molecule has 0 bridgehead atoms. The summed E-state index contributed by atoms with van der Waals surface area (Å²) in [5.41, 5.74) is 2.74. The zero-order valence-electron chi connectivity index (χ0n) is 17.6. The molecule has 0 radical (unpaired) electrons. The Bertz CT molecular complexity index is 1270. The molecular formula is C25H22Cl2N4O. The van der Waals surface area contributed by atoms with Crippen molar-refractivity contribution in [2.75, 3.05) is 43.1 Å². The number of piperazine rings is 1. The average Bonchev–Trinajstić information content (AvgIpc) is 2.83. The number of anilines is 2. The molecule has 1 saturated heterocycles. The molecule has 4 aromatic rings. The van der Waals surface area contributed by atoms with Gasteiger partial charge in [-0.1, -0.05) is 47.5 Å². The first-order chi connectivity index (χ1) is 15.6. The van der Waals surface area contributed by atoms with E-state index in [1.165, 1.54) is 0 Å². The third-order valence-electron chi connectivity index (χ3n) is 5.76. The van der Waals surface area contributed by atoms with E-state index in [4.69, 9.17) is 37.9 Å². The fraction of sp³-hybridized carbons (Fsp3) is 0.200. The fourth-order valence-electron chi connectivity index (χ4n) is 4.14. The minimum atomic E-state index is 0.604. The Kier molecular flexibility index (Phi) is 5.77. The molecule has 0 amide bonds. The third kappa shape index (κ3) is 3.94. The molecule has 0 saturated carbocycles. The van der Waals surface area contributed by atoms with Gasteiger partial charge in [-0.3, -0.25) is 0 Å². The van der Waals surface area contributed by atoms with Crippen LogP contribution in [0.25, 0.3) is 22.3 Å². The van der Waals surface area contributed by atoms with Crippen LogP contribution in [-0.4, -0.2) is 43.3 Å². The Labute approximate surface area is 197 Å². The van der Waals surface area contributed by atoms with Gasteiger partial charge in [0.25, 0.3) is 0 Å². The van der Waals surface area contributed by atoms with E-state index >= 15 is 0 Å². The average molecular weight is 465 g/mol. The Balaban J connectivity index is 1.51. The maximum Gasteiger partial charge on any atom is 0.163 e. The number of hydrogen-bond donors (Lipinski definition) is 0. The Morgan fingerprint density at radius 3 is 2.31 bits per heavy atom. The van der Waals surface area contributed by atoms with Crippen LogP contribution in [0.1, 0.15) is 0 Å². The maximum absolute atomic E-state index is 6.46. The van der Waals surface area contributed by atoms with Crippen molar-refractivity contribution in [2.45, 2.75) is 0 Å². The molecule has 0 atom stereocenters. The number of nitrogens with zero attached hydrogens (tertiary/aromatic N) is 4. The molecule has 7 heteroatoms. The van der Waals surface area contributed by atoms with Gasteiger partial charge in [-0.2, -0.15) is 0 Å². The van der Waals surface area contributed by atoms with Crippen LogP contribution >= 0.6 is 23.2 Å². The summed E-state index contributed by atoms with van der Waals surface area (Å²) in [5, 5.41) is 2.25. The lowest BCUT2D eigenvalue weighted by Gasteiger charge is -2.37. The second kappa shape index (κ2) is 8.85. The number of rotatable bonds is 4. The van der Waals surface area contributed by atoms with Crippen LogP contribution in [0, 0.1) is 0 Å². The van der Waals surface area contributed by atoms with Crippen LogP contribution < -0.4 is 14.5 Å². The molecule has 2 heterocycles. The fourth-order valence-corrected chi connectivity index (χ4v) is 4.53. The van der Waals surface area contributed by atoms with Crippen LogP contribution in [0.3, 0.4) is 0 Å². The summed E-state index contributed by atoms with van der Waals surface area (Å²) in [6.07, 6.45) is 0. The highest BCUT2D eigenvalue weighted by molar-refractivity contribution is 6.33. The van der Waals surface area contributed by atoms with Gasteiger partial charge >= 0.3 is 0 Å². The first kappa shape index (κ1) is 20.9. The highest BCUT2D eigenvalue weighted by Gasteiger charge is 2.23. The van der Waals surface area contributed by atoms with Crippen molar-refractivity contribution in [3.63, 3.8) is 0 Å². The van der Waals surface area contributed by atoms with Gasteiger partial charge in [0.15, 0.2) is 5.82 Å². The lowest BCUT2D eigenvalue weighted by atomic mass is 10.1. The highest BCUT2D eigenvalue weighted by Crippen LogP contribution is 2.34. The predicted molar refractivity (Wildman–Crippen MR) is 132 cm³/mol. The van der Waals surface area contributed by atoms with Crippen molar-refractivity contribution in [1.29, 1.82) is 0 Å². The molecule has 0 aliphatic carbocycles. The number of ether oxygens (including phenoxy) is 1. The summed E-state index contributed by atoms with van der Waals surface area (Å²) in [5.74, 6) is 2.40. The van der Waals surface area contributed by atoms with E-state index in [2.05, 4.69) is 15.9 Å². The Morgan fingerprint density at radius 1 is 0.812 bits per heavy atom. The van der Waals surface area contributed by atoms with Crippen LogP contribution in [0.2, 0.25) is 10.0 Å². The number of para-hydroxylation sites is 2. The number of halogens is 2. The quantitative estimate of drug-likeness (QED) is 0.373. The van der Waals surface area contributed by atoms with Gasteiger partial charge in [-0.15, -0.1) is 0 Å². The summed E-state index contributed by atoms with van der Waals surface area (Å²) >= 11 is 12.7. The first-order valence-electron chi connectivity index (χ1n) is 10.5. The van der Waals surface area contributed by atoms with Crippen molar-refractivity contribution < 1.29 is 4.74 Å². The van der Waals surface area contributed by atoms with Crippen molar-refractivity contribution in [1.82, 2.24) is 9.97 Å². The molecule has 162 valence electrons. The monoisotopic (exact) mass is 464 g/mol. The van der Waals surface area contributed by atoms with Gasteiger partial charge in [0.2, 0.25) is 0 Å². The molecule has 0 N–H and O–H groups in total. The molecule has 1 aromatic heterocycles. The first-order valence-corrected chi connectivity index (χ1v) is 11.2. The molecular weight excluding hydrogens is 443 g/mol. The van der Waals surface area contributed by atoms with Gasteiger partial charge < -0.3 is 14.5 Å². The van der Waals surface area contributed by atoms with Crippen molar-refractivity contribution in [3.8, 4) is 17.1 Å². The van der Waals surface area contributed by atoms with Gasteiger partial charge in [0.05, 0.1) is 23.3 Å². The largest absolute Gasteiger partial charge is 0.495 e. The Morgan fingerprint density at radius 2 is 1.53 bits per heavy atom. The number of fused-ring (bicyclic) bond motifs is 1. The Hall–Kier alpha value is -3.02. The molecule has 1 aliphatic heterocycles. The summed E-state index contributed by atoms with van der Waals surface area (Å²) in [6.45, 7) is 3.38. The molecule has 0 unspecified atom stereocenters. The number of methoxy groups -OCH3 is 1.